The summed E-state index contributed by atoms with van der Waals surface area (Å²) in [7, 11) is 1.73. The molecule has 1 aromatic carbocycles. The van der Waals surface area contributed by atoms with E-state index in [2.05, 4.69) is 19.8 Å². The lowest BCUT2D eigenvalue weighted by molar-refractivity contribution is 0.0691. The fraction of sp³-hybridized carbons (Fsp3) is 0.414. The quantitative estimate of drug-likeness (QED) is 0.390. The lowest BCUT2D eigenvalue weighted by Crippen LogP contribution is -2.47. The summed E-state index contributed by atoms with van der Waals surface area (Å²) in [5.41, 5.74) is 4.99. The molecule has 1 saturated heterocycles. The Bertz CT molecular complexity index is 1580. The van der Waals surface area contributed by atoms with Crippen molar-refractivity contribution in [1.82, 2.24) is 29.2 Å². The number of para-hydroxylation sites is 1. The van der Waals surface area contributed by atoms with Gasteiger partial charge in [-0.05, 0) is 44.4 Å². The van der Waals surface area contributed by atoms with Gasteiger partial charge in [-0.15, -0.1) is 0 Å². The summed E-state index contributed by atoms with van der Waals surface area (Å²) in [6.07, 6.45) is 5.58. The molecule has 4 heterocycles. The molecular formula is C29H33N7O3. The van der Waals surface area contributed by atoms with Crippen LogP contribution in [-0.2, 0) is 13.5 Å². The minimum Gasteiger partial charge on any atom is -0.477 e. The third-order valence-corrected chi connectivity index (χ3v) is 8.19. The summed E-state index contributed by atoms with van der Waals surface area (Å²) in [5.74, 6) is -0.684. The van der Waals surface area contributed by atoms with Crippen LogP contribution in [0.25, 0.3) is 16.7 Å². The highest BCUT2D eigenvalue weighted by Crippen LogP contribution is 2.42. The van der Waals surface area contributed by atoms with Gasteiger partial charge in [0.25, 0.3) is 5.56 Å². The van der Waals surface area contributed by atoms with E-state index in [0.29, 0.717) is 18.0 Å². The van der Waals surface area contributed by atoms with Crippen molar-refractivity contribution in [2.45, 2.75) is 38.5 Å². The highest BCUT2D eigenvalue weighted by atomic mass is 16.4. The maximum Gasteiger partial charge on any atom is 0.354 e. The zero-order chi connectivity index (χ0) is 27.1. The number of hydrogen-bond donors (Lipinski definition) is 1. The van der Waals surface area contributed by atoms with Gasteiger partial charge in [-0.2, -0.15) is 5.10 Å². The van der Waals surface area contributed by atoms with E-state index in [0.717, 1.165) is 79.3 Å². The number of aromatic carboxylic acids is 1. The van der Waals surface area contributed by atoms with Crippen molar-refractivity contribution >= 4 is 22.7 Å². The van der Waals surface area contributed by atoms with Gasteiger partial charge in [-0.25, -0.2) is 19.4 Å². The molecule has 2 aliphatic rings. The average Bonchev–Trinajstić information content (AvgIpc) is 3.29. The number of aromatic nitrogens is 5. The van der Waals surface area contributed by atoms with Gasteiger partial charge in [0.2, 0.25) is 0 Å². The Kier molecular flexibility index (Phi) is 6.64. The van der Waals surface area contributed by atoms with E-state index in [-0.39, 0.29) is 11.3 Å². The van der Waals surface area contributed by atoms with Gasteiger partial charge in [0.05, 0.1) is 28.8 Å². The standard InChI is InChI=1S/C29H33N7O3/c1-19-22(28(37)33(2)18-30-19)11-12-34-13-15-35(16-14-34)24-17-23(29(38)39)31-27-25(24)26(20-7-6-8-20)32-36(27)21-9-4-3-5-10-21/h3-5,9-10,17-18,20H,6-8,11-16H2,1-2H3,(H,38,39). The Labute approximate surface area is 226 Å². The van der Waals surface area contributed by atoms with Gasteiger partial charge < -0.3 is 14.6 Å². The van der Waals surface area contributed by atoms with Crippen LogP contribution >= 0.6 is 0 Å². The van der Waals surface area contributed by atoms with Crippen molar-refractivity contribution in [3.63, 3.8) is 0 Å². The van der Waals surface area contributed by atoms with Crippen LogP contribution in [0.3, 0.4) is 0 Å². The maximum absolute atomic E-state index is 12.6. The Balaban J connectivity index is 1.31. The summed E-state index contributed by atoms with van der Waals surface area (Å²) in [4.78, 5) is 38.3. The number of fused-ring (bicyclic) bond motifs is 1. The first-order chi connectivity index (χ1) is 18.9. The molecule has 0 amide bonds. The fourth-order valence-corrected chi connectivity index (χ4v) is 5.64. The highest BCUT2D eigenvalue weighted by Gasteiger charge is 2.31. The van der Waals surface area contributed by atoms with Crippen molar-refractivity contribution in [3.05, 3.63) is 75.7 Å². The summed E-state index contributed by atoms with van der Waals surface area (Å²) in [6.45, 7) is 5.81. The zero-order valence-electron chi connectivity index (χ0n) is 22.4. The van der Waals surface area contributed by atoms with Crippen LogP contribution in [0.5, 0.6) is 0 Å². The molecule has 202 valence electrons. The molecule has 10 heteroatoms. The molecule has 4 aromatic rings. The number of benzene rings is 1. The molecule has 39 heavy (non-hydrogen) atoms. The number of carboxylic acid groups (broad SMARTS) is 1. The van der Waals surface area contributed by atoms with Gasteiger partial charge in [0, 0.05) is 56.9 Å². The molecule has 1 N–H and O–H groups in total. The number of pyridine rings is 1. The molecule has 0 bridgehead atoms. The SMILES string of the molecule is Cc1ncn(C)c(=O)c1CCN1CCN(c2cc(C(=O)O)nc3c2c(C2CCC2)nn3-c2ccccc2)CC1. The Hall–Kier alpha value is -4.05. The number of aryl methyl sites for hydroxylation is 2. The Morgan fingerprint density at radius 1 is 1.10 bits per heavy atom. The predicted molar refractivity (Wildman–Crippen MR) is 149 cm³/mol. The lowest BCUT2D eigenvalue weighted by Gasteiger charge is -2.37. The van der Waals surface area contributed by atoms with Gasteiger partial charge in [-0.1, -0.05) is 24.6 Å². The van der Waals surface area contributed by atoms with Gasteiger partial charge in [0.15, 0.2) is 11.3 Å². The van der Waals surface area contributed by atoms with E-state index in [1.165, 1.54) is 11.0 Å². The van der Waals surface area contributed by atoms with Crippen LogP contribution in [-0.4, -0.2) is 73.0 Å². The summed E-state index contributed by atoms with van der Waals surface area (Å²) < 4.78 is 3.34. The first-order valence-electron chi connectivity index (χ1n) is 13.6. The largest absolute Gasteiger partial charge is 0.477 e. The Morgan fingerprint density at radius 3 is 2.51 bits per heavy atom. The van der Waals surface area contributed by atoms with Crippen LogP contribution in [0, 0.1) is 6.92 Å². The van der Waals surface area contributed by atoms with Crippen LogP contribution < -0.4 is 10.5 Å². The first-order valence-corrected chi connectivity index (χ1v) is 13.6. The third-order valence-electron chi connectivity index (χ3n) is 8.19. The summed E-state index contributed by atoms with van der Waals surface area (Å²) >= 11 is 0. The molecule has 1 aliphatic heterocycles. The average molecular weight is 528 g/mol. The molecule has 6 rings (SSSR count). The number of rotatable bonds is 7. The number of nitrogens with zero attached hydrogens (tertiary/aromatic N) is 7. The van der Waals surface area contributed by atoms with Gasteiger partial charge in [-0.3, -0.25) is 9.69 Å². The highest BCUT2D eigenvalue weighted by molar-refractivity contribution is 5.98. The van der Waals surface area contributed by atoms with Crippen molar-refractivity contribution in [3.8, 4) is 5.69 Å². The van der Waals surface area contributed by atoms with E-state index < -0.39 is 5.97 Å². The van der Waals surface area contributed by atoms with Gasteiger partial charge >= 0.3 is 5.97 Å². The normalized spacial score (nSPS) is 16.5. The minimum atomic E-state index is -1.05. The summed E-state index contributed by atoms with van der Waals surface area (Å²) in [5, 5.41) is 15.9. The smallest absolute Gasteiger partial charge is 0.354 e. The van der Waals surface area contributed by atoms with Crippen LogP contribution in [0.1, 0.15) is 52.6 Å². The van der Waals surface area contributed by atoms with Crippen molar-refractivity contribution < 1.29 is 9.90 Å². The number of carboxylic acids is 1. The van der Waals surface area contributed by atoms with E-state index in [9.17, 15) is 14.7 Å². The monoisotopic (exact) mass is 527 g/mol. The molecule has 0 radical (unpaired) electrons. The predicted octanol–water partition coefficient (Wildman–Crippen LogP) is 3.15. The fourth-order valence-electron chi connectivity index (χ4n) is 5.64. The van der Waals surface area contributed by atoms with Crippen molar-refractivity contribution in [1.29, 1.82) is 0 Å². The molecule has 10 nitrogen and oxygen atoms in total. The maximum atomic E-state index is 12.6. The van der Waals surface area contributed by atoms with E-state index in [1.54, 1.807) is 19.4 Å². The molecule has 0 unspecified atom stereocenters. The molecule has 1 aliphatic carbocycles. The van der Waals surface area contributed by atoms with E-state index >= 15 is 0 Å². The van der Waals surface area contributed by atoms with Crippen LogP contribution in [0.2, 0.25) is 0 Å². The zero-order valence-corrected chi connectivity index (χ0v) is 22.4. The second-order valence-electron chi connectivity index (χ2n) is 10.6. The second kappa shape index (κ2) is 10.3. The third kappa shape index (κ3) is 4.69. The molecule has 0 spiro atoms. The number of piperazine rings is 1. The molecule has 2 fully saturated rings. The lowest BCUT2D eigenvalue weighted by atomic mass is 9.82. The van der Waals surface area contributed by atoms with E-state index in [1.807, 2.05) is 41.9 Å². The van der Waals surface area contributed by atoms with Crippen LogP contribution in [0.15, 0.2) is 47.5 Å². The topological polar surface area (TPSA) is 109 Å². The summed E-state index contributed by atoms with van der Waals surface area (Å²) in [6, 6.07) is 11.5. The molecule has 3 aromatic heterocycles. The Morgan fingerprint density at radius 2 is 1.85 bits per heavy atom. The van der Waals surface area contributed by atoms with Gasteiger partial charge in [0.1, 0.15) is 0 Å². The molecule has 1 saturated carbocycles. The molecule has 0 atom stereocenters. The minimum absolute atomic E-state index is 0.0143. The van der Waals surface area contributed by atoms with Crippen molar-refractivity contribution in [2.75, 3.05) is 37.6 Å². The number of carbonyl (C=O) groups is 1. The second-order valence-corrected chi connectivity index (χ2v) is 10.6. The first kappa shape index (κ1) is 25.2. The molecular weight excluding hydrogens is 494 g/mol. The van der Waals surface area contributed by atoms with Crippen molar-refractivity contribution in [2.24, 2.45) is 7.05 Å². The van der Waals surface area contributed by atoms with E-state index in [4.69, 9.17) is 5.10 Å². The van der Waals surface area contributed by atoms with Crippen LogP contribution in [0.4, 0.5) is 5.69 Å². The number of hydrogen-bond acceptors (Lipinski definition) is 7. The number of anilines is 1.